The van der Waals surface area contributed by atoms with E-state index in [1.807, 2.05) is 0 Å². The van der Waals surface area contributed by atoms with Crippen LogP contribution in [0.3, 0.4) is 0 Å². The lowest BCUT2D eigenvalue weighted by Crippen LogP contribution is -2.24. The van der Waals surface area contributed by atoms with Crippen molar-refractivity contribution in [1.82, 2.24) is 5.48 Å². The molecule has 0 spiro atoms. The fourth-order valence-electron chi connectivity index (χ4n) is 2.01. The van der Waals surface area contributed by atoms with Crippen LogP contribution < -0.4 is 16.9 Å². The van der Waals surface area contributed by atoms with Crippen molar-refractivity contribution in [2.24, 2.45) is 16.5 Å². The quantitative estimate of drug-likeness (QED) is 0.394. The number of benzene rings is 1. The molecule has 5 N–H and O–H groups in total. The molecule has 1 aromatic carbocycles. The Labute approximate surface area is 121 Å². The number of aliphatic imine (C=N–C) groups is 1. The maximum Gasteiger partial charge on any atom is 0.280 e. The summed E-state index contributed by atoms with van der Waals surface area (Å²) in [5.41, 5.74) is 14.2. The van der Waals surface area contributed by atoms with Crippen molar-refractivity contribution in [2.45, 2.75) is 11.8 Å². The van der Waals surface area contributed by atoms with Crippen LogP contribution in [0.2, 0.25) is 0 Å². The van der Waals surface area contributed by atoms with Gasteiger partial charge in [-0.15, -0.1) is 0 Å². The molecule has 112 valence electrons. The molecule has 0 unspecified atom stereocenters. The number of hydrogen-bond donors (Lipinski definition) is 3. The van der Waals surface area contributed by atoms with Gasteiger partial charge in [-0.1, -0.05) is 0 Å². The molecule has 9 heteroatoms. The van der Waals surface area contributed by atoms with Crippen molar-refractivity contribution >= 4 is 27.4 Å². The minimum absolute atomic E-state index is 0.00166. The van der Waals surface area contributed by atoms with Crippen LogP contribution in [-0.2, 0) is 14.7 Å². The van der Waals surface area contributed by atoms with E-state index < -0.39 is 15.7 Å². The zero-order valence-corrected chi connectivity index (χ0v) is 12.2. The molecule has 1 aliphatic rings. The molecule has 1 heterocycles. The summed E-state index contributed by atoms with van der Waals surface area (Å²) in [4.78, 5) is 20.1. The Bertz CT molecular complexity index is 777. The number of aryl methyl sites for hydroxylation is 1. The van der Waals surface area contributed by atoms with E-state index in [4.69, 9.17) is 16.3 Å². The molecule has 0 saturated carbocycles. The number of hydroxylamine groups is 1. The lowest BCUT2D eigenvalue weighted by Gasteiger charge is -2.09. The zero-order valence-electron chi connectivity index (χ0n) is 11.4. The van der Waals surface area contributed by atoms with Crippen LogP contribution in [0, 0.1) is 6.92 Å². The van der Waals surface area contributed by atoms with Gasteiger partial charge in [0.1, 0.15) is 0 Å². The van der Waals surface area contributed by atoms with Crippen molar-refractivity contribution in [3.8, 4) is 0 Å². The topological polar surface area (TPSA) is 137 Å². The molecule has 0 bridgehead atoms. The maximum atomic E-state index is 12.1. The Hall–Kier alpha value is -2.39. The minimum Gasteiger partial charge on any atom is -0.370 e. The number of nitrogens with one attached hydrogen (secondary N) is 1. The fraction of sp³-hybridized carbons (Fsp3) is 0.167. The van der Waals surface area contributed by atoms with Crippen molar-refractivity contribution < 1.29 is 18.0 Å². The van der Waals surface area contributed by atoms with Crippen LogP contribution >= 0.6 is 0 Å². The summed E-state index contributed by atoms with van der Waals surface area (Å²) in [6.07, 6.45) is 0. The SMILES string of the molecule is CONC1=CS(=O)(=O)c2cc(C(=O)N=C(N)N)c(C)cc21. The third-order valence-corrected chi connectivity index (χ3v) is 4.37. The van der Waals surface area contributed by atoms with E-state index in [1.165, 1.54) is 13.2 Å². The second kappa shape index (κ2) is 5.19. The first-order chi connectivity index (χ1) is 9.76. The second-order valence-electron chi connectivity index (χ2n) is 4.39. The molecular formula is C12H14N4O4S. The summed E-state index contributed by atoms with van der Waals surface area (Å²) in [7, 11) is -2.28. The number of hydrogen-bond acceptors (Lipinski definition) is 5. The number of sulfone groups is 1. The predicted molar refractivity (Wildman–Crippen MR) is 76.6 cm³/mol. The van der Waals surface area contributed by atoms with Gasteiger partial charge in [0.25, 0.3) is 5.91 Å². The third-order valence-electron chi connectivity index (χ3n) is 2.87. The lowest BCUT2D eigenvalue weighted by atomic mass is 10.0. The molecule has 1 aromatic rings. The van der Waals surface area contributed by atoms with Crippen LogP contribution in [0.4, 0.5) is 0 Å². The number of rotatable bonds is 3. The molecule has 2 rings (SSSR count). The van der Waals surface area contributed by atoms with E-state index in [9.17, 15) is 13.2 Å². The normalized spacial score (nSPS) is 15.0. The number of carbonyl (C=O) groups excluding carboxylic acids is 1. The standard InChI is InChI=1S/C12H14N4O4S/c1-6-3-8-9(16-20-2)5-21(18,19)10(8)4-7(6)11(17)15-12(13)14/h3-5,16H,1-2H3,(H4,13,14,15,17). The third kappa shape index (κ3) is 2.73. The van der Waals surface area contributed by atoms with Gasteiger partial charge in [0, 0.05) is 11.1 Å². The molecule has 0 atom stereocenters. The highest BCUT2D eigenvalue weighted by Gasteiger charge is 2.29. The molecule has 1 aliphatic heterocycles. The van der Waals surface area contributed by atoms with Gasteiger partial charge >= 0.3 is 0 Å². The summed E-state index contributed by atoms with van der Waals surface area (Å²) in [5, 5.41) is 1.04. The Kier molecular flexibility index (Phi) is 3.71. The number of nitrogens with zero attached hydrogens (tertiary/aromatic N) is 1. The van der Waals surface area contributed by atoms with Gasteiger partial charge in [-0.2, -0.15) is 4.99 Å². The molecule has 8 nitrogen and oxygen atoms in total. The van der Waals surface area contributed by atoms with E-state index >= 15 is 0 Å². The average molecular weight is 310 g/mol. The van der Waals surface area contributed by atoms with Gasteiger partial charge in [-0.25, -0.2) is 8.42 Å². The van der Waals surface area contributed by atoms with Crippen LogP contribution in [0.15, 0.2) is 27.4 Å². The molecular weight excluding hydrogens is 296 g/mol. The van der Waals surface area contributed by atoms with Gasteiger partial charge in [0.15, 0.2) is 5.96 Å². The summed E-state index contributed by atoms with van der Waals surface area (Å²) >= 11 is 0. The molecule has 0 radical (unpaired) electrons. The van der Waals surface area contributed by atoms with Gasteiger partial charge in [0.2, 0.25) is 9.84 Å². The first kappa shape index (κ1) is 15.0. The fourth-order valence-corrected chi connectivity index (χ4v) is 3.38. The highest BCUT2D eigenvalue weighted by Crippen LogP contribution is 2.34. The first-order valence-corrected chi connectivity index (χ1v) is 7.35. The van der Waals surface area contributed by atoms with Crippen molar-refractivity contribution in [3.63, 3.8) is 0 Å². The van der Waals surface area contributed by atoms with Gasteiger partial charge in [-0.05, 0) is 24.6 Å². The molecule has 0 fully saturated rings. The smallest absolute Gasteiger partial charge is 0.280 e. The summed E-state index contributed by atoms with van der Waals surface area (Å²) in [5.74, 6) is -1.08. The molecule has 1 amide bonds. The van der Waals surface area contributed by atoms with Crippen LogP contribution in [0.5, 0.6) is 0 Å². The highest BCUT2D eigenvalue weighted by molar-refractivity contribution is 7.95. The number of nitrogens with two attached hydrogens (primary N) is 2. The van der Waals surface area contributed by atoms with E-state index in [0.717, 1.165) is 5.41 Å². The van der Waals surface area contributed by atoms with Gasteiger partial charge in [0.05, 0.1) is 23.1 Å². The summed E-state index contributed by atoms with van der Waals surface area (Å²) in [6.45, 7) is 1.66. The first-order valence-electron chi connectivity index (χ1n) is 5.81. The van der Waals surface area contributed by atoms with Gasteiger partial charge in [-0.3, -0.25) is 15.1 Å². The number of carbonyl (C=O) groups is 1. The average Bonchev–Trinajstić information content (AvgIpc) is 2.59. The van der Waals surface area contributed by atoms with E-state index in [1.54, 1.807) is 13.0 Å². The Balaban J connectivity index is 2.61. The number of amides is 1. The Morgan fingerprint density at radius 3 is 2.57 bits per heavy atom. The van der Waals surface area contributed by atoms with Crippen molar-refractivity contribution in [3.05, 3.63) is 34.2 Å². The van der Waals surface area contributed by atoms with Crippen LogP contribution in [0.25, 0.3) is 5.70 Å². The largest absolute Gasteiger partial charge is 0.370 e. The maximum absolute atomic E-state index is 12.1. The summed E-state index contributed by atoms with van der Waals surface area (Å²) in [6, 6.07) is 2.82. The van der Waals surface area contributed by atoms with E-state index in [-0.39, 0.29) is 16.4 Å². The highest BCUT2D eigenvalue weighted by atomic mass is 32.2. The van der Waals surface area contributed by atoms with E-state index in [0.29, 0.717) is 16.8 Å². The van der Waals surface area contributed by atoms with Crippen molar-refractivity contribution in [1.29, 1.82) is 0 Å². The molecule has 0 aliphatic carbocycles. The minimum atomic E-state index is -3.65. The van der Waals surface area contributed by atoms with Gasteiger partial charge < -0.3 is 11.5 Å². The molecule has 0 aromatic heterocycles. The Morgan fingerprint density at radius 2 is 2.00 bits per heavy atom. The molecule has 0 saturated heterocycles. The van der Waals surface area contributed by atoms with Crippen molar-refractivity contribution in [2.75, 3.05) is 7.11 Å². The monoisotopic (exact) mass is 310 g/mol. The van der Waals surface area contributed by atoms with E-state index in [2.05, 4.69) is 10.5 Å². The predicted octanol–water partition coefficient (Wildman–Crippen LogP) is -0.355. The second-order valence-corrected chi connectivity index (χ2v) is 6.15. The Morgan fingerprint density at radius 1 is 1.33 bits per heavy atom. The summed E-state index contributed by atoms with van der Waals surface area (Å²) < 4.78 is 24.2. The van der Waals surface area contributed by atoms with Crippen LogP contribution in [0.1, 0.15) is 21.5 Å². The lowest BCUT2D eigenvalue weighted by molar-refractivity contribution is 0.100. The zero-order chi connectivity index (χ0) is 15.8. The number of fused-ring (bicyclic) bond motifs is 1. The molecule has 21 heavy (non-hydrogen) atoms. The number of guanidine groups is 1. The van der Waals surface area contributed by atoms with Crippen LogP contribution in [-0.4, -0.2) is 27.4 Å².